The van der Waals surface area contributed by atoms with Gasteiger partial charge in [0.15, 0.2) is 0 Å². The number of amides is 1. The molecular weight excluding hydrogens is 236 g/mol. The molecule has 0 radical (unpaired) electrons. The predicted molar refractivity (Wildman–Crippen MR) is 64.3 cm³/mol. The molecule has 1 aliphatic rings. The summed E-state index contributed by atoms with van der Waals surface area (Å²) in [7, 11) is 1.65. The number of nitrogens with zero attached hydrogens (tertiary/aromatic N) is 2. The van der Waals surface area contributed by atoms with E-state index in [1.54, 1.807) is 14.0 Å². The Labute approximate surface area is 104 Å². The molecule has 4 N–H and O–H groups in total. The van der Waals surface area contributed by atoms with Gasteiger partial charge in [-0.3, -0.25) is 9.48 Å². The van der Waals surface area contributed by atoms with Crippen LogP contribution in [-0.2, 0) is 11.8 Å². The Morgan fingerprint density at radius 2 is 2.11 bits per heavy atom. The minimum absolute atomic E-state index is 0.255. The summed E-state index contributed by atoms with van der Waals surface area (Å²) in [5.41, 5.74) is 5.06. The van der Waals surface area contributed by atoms with Crippen molar-refractivity contribution in [2.45, 2.75) is 31.7 Å². The van der Waals surface area contributed by atoms with E-state index in [1.165, 1.54) is 4.68 Å². The smallest absolute Gasteiger partial charge is 0.329 e. The van der Waals surface area contributed by atoms with E-state index in [2.05, 4.69) is 10.4 Å². The second-order valence-electron chi connectivity index (χ2n) is 4.66. The maximum atomic E-state index is 11.4. The van der Waals surface area contributed by atoms with E-state index >= 15 is 0 Å². The lowest BCUT2D eigenvalue weighted by molar-refractivity contribution is -0.145. The number of primary amides is 1. The first-order valence-corrected chi connectivity index (χ1v) is 5.72. The molecule has 1 aromatic rings. The molecule has 1 fully saturated rings. The van der Waals surface area contributed by atoms with E-state index in [0.29, 0.717) is 24.4 Å². The van der Waals surface area contributed by atoms with Crippen molar-refractivity contribution in [3.63, 3.8) is 0 Å². The van der Waals surface area contributed by atoms with Gasteiger partial charge in [-0.2, -0.15) is 5.10 Å². The maximum absolute atomic E-state index is 11.4. The Morgan fingerprint density at radius 1 is 1.50 bits per heavy atom. The van der Waals surface area contributed by atoms with Crippen molar-refractivity contribution in [2.75, 3.05) is 5.32 Å². The summed E-state index contributed by atoms with van der Waals surface area (Å²) in [6, 6.07) is 0. The first kappa shape index (κ1) is 12.4. The second-order valence-corrected chi connectivity index (χ2v) is 4.66. The molecule has 1 saturated carbocycles. The third-order valence-electron chi connectivity index (χ3n) is 3.44. The molecule has 0 aliphatic heterocycles. The third-order valence-corrected chi connectivity index (χ3v) is 3.44. The number of nitrogens with two attached hydrogens (primary N) is 1. The minimum Gasteiger partial charge on any atom is -0.480 e. The molecule has 98 valence electrons. The minimum atomic E-state index is -0.996. The van der Waals surface area contributed by atoms with Crippen LogP contribution in [0.2, 0.25) is 0 Å². The zero-order chi connectivity index (χ0) is 13.5. The number of carboxylic acids is 1. The van der Waals surface area contributed by atoms with E-state index in [4.69, 9.17) is 5.73 Å². The third kappa shape index (κ3) is 1.71. The second kappa shape index (κ2) is 4.01. The fraction of sp³-hybridized carbons (Fsp3) is 0.545. The van der Waals surface area contributed by atoms with Crippen LogP contribution in [0.3, 0.4) is 0 Å². The number of carboxylic acid groups (broad SMARTS) is 1. The Hall–Kier alpha value is -2.05. The number of nitrogens with one attached hydrogen (secondary N) is 1. The van der Waals surface area contributed by atoms with Crippen LogP contribution in [0.1, 0.15) is 35.3 Å². The lowest BCUT2D eigenvalue weighted by Crippen LogP contribution is -2.52. The summed E-state index contributed by atoms with van der Waals surface area (Å²) in [5.74, 6) is -1.15. The number of hydrogen-bond donors (Lipinski definition) is 3. The quantitative estimate of drug-likeness (QED) is 0.711. The van der Waals surface area contributed by atoms with Crippen LogP contribution in [0, 0.1) is 6.92 Å². The summed E-state index contributed by atoms with van der Waals surface area (Å²) < 4.78 is 1.46. The van der Waals surface area contributed by atoms with Crippen molar-refractivity contribution in [3.05, 3.63) is 11.3 Å². The maximum Gasteiger partial charge on any atom is 0.329 e. The van der Waals surface area contributed by atoms with Gasteiger partial charge in [-0.15, -0.1) is 0 Å². The summed E-state index contributed by atoms with van der Waals surface area (Å²) in [5, 5.41) is 16.3. The average molecular weight is 252 g/mol. The number of rotatable bonds is 4. The molecular formula is C11H16N4O3. The van der Waals surface area contributed by atoms with Crippen molar-refractivity contribution in [3.8, 4) is 0 Å². The highest BCUT2D eigenvalue weighted by atomic mass is 16.4. The van der Waals surface area contributed by atoms with Gasteiger partial charge in [0.1, 0.15) is 16.9 Å². The molecule has 0 atom stereocenters. The van der Waals surface area contributed by atoms with Gasteiger partial charge < -0.3 is 16.2 Å². The Bertz CT molecular complexity index is 517. The molecule has 1 heterocycles. The van der Waals surface area contributed by atoms with Crippen LogP contribution in [0.25, 0.3) is 0 Å². The lowest BCUT2D eigenvalue weighted by Gasteiger charge is -2.39. The van der Waals surface area contributed by atoms with Gasteiger partial charge in [0, 0.05) is 7.05 Å². The van der Waals surface area contributed by atoms with Crippen LogP contribution in [0.5, 0.6) is 0 Å². The highest BCUT2D eigenvalue weighted by Gasteiger charge is 2.45. The van der Waals surface area contributed by atoms with Crippen LogP contribution in [0.15, 0.2) is 0 Å². The molecule has 0 unspecified atom stereocenters. The molecule has 0 aromatic carbocycles. The van der Waals surface area contributed by atoms with Crippen LogP contribution < -0.4 is 11.1 Å². The Kier molecular flexibility index (Phi) is 2.76. The van der Waals surface area contributed by atoms with E-state index in [-0.39, 0.29) is 5.56 Å². The fourth-order valence-electron chi connectivity index (χ4n) is 2.25. The average Bonchev–Trinajstić information content (AvgIpc) is 2.46. The monoisotopic (exact) mass is 252 g/mol. The van der Waals surface area contributed by atoms with Gasteiger partial charge >= 0.3 is 5.97 Å². The summed E-state index contributed by atoms with van der Waals surface area (Å²) in [4.78, 5) is 22.7. The van der Waals surface area contributed by atoms with Gasteiger partial charge in [0.05, 0.1) is 5.69 Å². The molecule has 0 saturated heterocycles. The zero-order valence-electron chi connectivity index (χ0n) is 10.4. The van der Waals surface area contributed by atoms with E-state index in [9.17, 15) is 14.7 Å². The van der Waals surface area contributed by atoms with Crippen molar-refractivity contribution in [1.29, 1.82) is 0 Å². The van der Waals surface area contributed by atoms with Crippen LogP contribution in [-0.4, -0.2) is 32.3 Å². The molecule has 7 heteroatoms. The SMILES string of the molecule is Cc1nn(C)c(NC2(C(=O)O)CCC2)c1C(N)=O. The number of aryl methyl sites for hydroxylation is 2. The number of aliphatic carboxylic acids is 1. The van der Waals surface area contributed by atoms with Crippen LogP contribution >= 0.6 is 0 Å². The Morgan fingerprint density at radius 3 is 2.50 bits per heavy atom. The standard InChI is InChI=1S/C11H16N4O3/c1-6-7(8(12)16)9(15(2)14-6)13-11(10(17)18)4-3-5-11/h13H,3-5H2,1-2H3,(H2,12,16)(H,17,18). The molecule has 18 heavy (non-hydrogen) atoms. The molecule has 7 nitrogen and oxygen atoms in total. The lowest BCUT2D eigenvalue weighted by atomic mass is 9.76. The molecule has 0 spiro atoms. The molecule has 1 aromatic heterocycles. The molecule has 1 aliphatic carbocycles. The normalized spacial score (nSPS) is 17.0. The van der Waals surface area contributed by atoms with Gasteiger partial charge in [-0.1, -0.05) is 0 Å². The van der Waals surface area contributed by atoms with E-state index < -0.39 is 17.4 Å². The topological polar surface area (TPSA) is 110 Å². The van der Waals surface area contributed by atoms with Crippen molar-refractivity contribution < 1.29 is 14.7 Å². The first-order chi connectivity index (χ1) is 8.37. The number of carbonyl (C=O) groups excluding carboxylic acids is 1. The fourth-order valence-corrected chi connectivity index (χ4v) is 2.25. The van der Waals surface area contributed by atoms with Gasteiger partial charge in [-0.25, -0.2) is 4.79 Å². The summed E-state index contributed by atoms with van der Waals surface area (Å²) in [6.07, 6.45) is 1.91. The zero-order valence-corrected chi connectivity index (χ0v) is 10.4. The van der Waals surface area contributed by atoms with Gasteiger partial charge in [0.2, 0.25) is 0 Å². The highest BCUT2D eigenvalue weighted by Crippen LogP contribution is 2.36. The van der Waals surface area contributed by atoms with Crippen LogP contribution in [0.4, 0.5) is 5.82 Å². The van der Waals surface area contributed by atoms with Crippen molar-refractivity contribution >= 4 is 17.7 Å². The largest absolute Gasteiger partial charge is 0.480 e. The highest BCUT2D eigenvalue weighted by molar-refractivity contribution is 5.99. The first-order valence-electron chi connectivity index (χ1n) is 5.72. The molecule has 0 bridgehead atoms. The number of carbonyl (C=O) groups is 2. The van der Waals surface area contributed by atoms with Gasteiger partial charge in [0.25, 0.3) is 5.91 Å². The summed E-state index contributed by atoms with van der Waals surface area (Å²) >= 11 is 0. The van der Waals surface area contributed by atoms with Gasteiger partial charge in [-0.05, 0) is 26.2 Å². The predicted octanol–water partition coefficient (Wildman–Crippen LogP) is 0.247. The van der Waals surface area contributed by atoms with E-state index in [1.807, 2.05) is 0 Å². The molecule has 2 rings (SSSR count). The molecule has 1 amide bonds. The van der Waals surface area contributed by atoms with Crippen molar-refractivity contribution in [1.82, 2.24) is 9.78 Å². The Balaban J connectivity index is 2.40. The summed E-state index contributed by atoms with van der Waals surface area (Å²) in [6.45, 7) is 1.67. The number of hydrogen-bond acceptors (Lipinski definition) is 4. The van der Waals surface area contributed by atoms with E-state index in [0.717, 1.165) is 6.42 Å². The number of aromatic nitrogens is 2. The number of anilines is 1. The van der Waals surface area contributed by atoms with Crippen molar-refractivity contribution in [2.24, 2.45) is 12.8 Å².